The minimum atomic E-state index is -3.51. The first-order chi connectivity index (χ1) is 15.5. The zero-order chi connectivity index (χ0) is 22.4. The van der Waals surface area contributed by atoms with Gasteiger partial charge in [0.15, 0.2) is 0 Å². The Morgan fingerprint density at radius 3 is 2.38 bits per heavy atom. The molecule has 2 aromatic carbocycles. The van der Waals surface area contributed by atoms with Crippen molar-refractivity contribution in [1.29, 1.82) is 0 Å². The number of anilines is 1. The van der Waals surface area contributed by atoms with Gasteiger partial charge in [-0.3, -0.25) is 9.48 Å². The molecule has 1 amide bonds. The Hall–Kier alpha value is -3.23. The van der Waals surface area contributed by atoms with Gasteiger partial charge in [-0.1, -0.05) is 60.7 Å². The van der Waals surface area contributed by atoms with E-state index in [1.165, 1.54) is 9.71 Å². The minimum absolute atomic E-state index is 0.0962. The van der Waals surface area contributed by atoms with E-state index in [-0.39, 0.29) is 11.8 Å². The van der Waals surface area contributed by atoms with Crippen LogP contribution in [-0.4, -0.2) is 41.5 Å². The molecule has 166 valence electrons. The predicted octanol–water partition coefficient (Wildman–Crippen LogP) is 3.58. The van der Waals surface area contributed by atoms with Crippen LogP contribution in [0.3, 0.4) is 0 Å². The number of aromatic nitrogens is 2. The Morgan fingerprint density at radius 2 is 1.69 bits per heavy atom. The summed E-state index contributed by atoms with van der Waals surface area (Å²) in [5.74, 6) is -0.321. The zero-order valence-corrected chi connectivity index (χ0v) is 18.5. The molecular weight excluding hydrogens is 424 g/mol. The van der Waals surface area contributed by atoms with Crippen LogP contribution in [0, 0.1) is 5.92 Å². The van der Waals surface area contributed by atoms with E-state index in [1.807, 2.05) is 60.7 Å². The number of carbonyl (C=O) groups excluding carboxylic acids is 1. The third-order valence-corrected chi connectivity index (χ3v) is 7.07. The van der Waals surface area contributed by atoms with Crippen molar-refractivity contribution < 1.29 is 13.2 Å². The van der Waals surface area contributed by atoms with E-state index in [4.69, 9.17) is 0 Å². The Labute approximate surface area is 188 Å². The summed E-state index contributed by atoms with van der Waals surface area (Å²) >= 11 is 0. The zero-order valence-electron chi connectivity index (χ0n) is 17.7. The Bertz CT molecular complexity index is 1170. The monoisotopic (exact) mass is 450 g/mol. The lowest BCUT2D eigenvalue weighted by molar-refractivity contribution is -0.120. The molecule has 3 aromatic rings. The summed E-state index contributed by atoms with van der Waals surface area (Å²) in [5, 5.41) is 8.46. The van der Waals surface area contributed by atoms with Crippen molar-refractivity contribution in [1.82, 2.24) is 14.1 Å². The SMILES string of the molecule is O=C(Nc1cnn(Cc2ccccc2)c1)C1CCN(S(=O)(=O)/C=C/c2ccccc2)CC1. The van der Waals surface area contributed by atoms with Crippen molar-refractivity contribution in [2.75, 3.05) is 18.4 Å². The summed E-state index contributed by atoms with van der Waals surface area (Å²) in [6.07, 6.45) is 6.01. The molecule has 1 saturated heterocycles. The number of hydrogen-bond donors (Lipinski definition) is 1. The van der Waals surface area contributed by atoms with Crippen molar-refractivity contribution in [3.8, 4) is 0 Å². The molecule has 0 saturated carbocycles. The smallest absolute Gasteiger partial charge is 0.236 e. The number of benzene rings is 2. The average molecular weight is 451 g/mol. The van der Waals surface area contributed by atoms with Gasteiger partial charge in [-0.2, -0.15) is 9.40 Å². The fourth-order valence-electron chi connectivity index (χ4n) is 3.72. The Balaban J connectivity index is 1.29. The van der Waals surface area contributed by atoms with Crippen molar-refractivity contribution in [3.63, 3.8) is 0 Å². The number of nitrogens with one attached hydrogen (secondary N) is 1. The lowest BCUT2D eigenvalue weighted by Gasteiger charge is -2.29. The summed E-state index contributed by atoms with van der Waals surface area (Å²) in [6.45, 7) is 1.28. The van der Waals surface area contributed by atoms with Crippen molar-refractivity contribution in [3.05, 3.63) is 89.6 Å². The van der Waals surface area contributed by atoms with Gasteiger partial charge in [0, 0.05) is 30.6 Å². The van der Waals surface area contributed by atoms with Crippen LogP contribution in [0.2, 0.25) is 0 Å². The van der Waals surface area contributed by atoms with Crippen LogP contribution in [-0.2, 0) is 21.4 Å². The lowest BCUT2D eigenvalue weighted by Crippen LogP contribution is -2.40. The minimum Gasteiger partial charge on any atom is -0.323 e. The van der Waals surface area contributed by atoms with Gasteiger partial charge in [-0.25, -0.2) is 8.42 Å². The largest absolute Gasteiger partial charge is 0.323 e. The molecule has 0 aliphatic carbocycles. The summed E-state index contributed by atoms with van der Waals surface area (Å²) in [4.78, 5) is 12.7. The molecule has 0 atom stereocenters. The molecule has 7 nitrogen and oxygen atoms in total. The molecule has 1 aromatic heterocycles. The van der Waals surface area contributed by atoms with Gasteiger partial charge in [0.25, 0.3) is 0 Å². The van der Waals surface area contributed by atoms with Gasteiger partial charge in [0.05, 0.1) is 18.4 Å². The first-order valence-corrected chi connectivity index (χ1v) is 12.1. The fraction of sp³-hybridized carbons (Fsp3) is 0.250. The number of sulfonamides is 1. The number of amides is 1. The molecule has 2 heterocycles. The molecule has 1 aliphatic rings. The lowest BCUT2D eigenvalue weighted by atomic mass is 9.97. The highest BCUT2D eigenvalue weighted by atomic mass is 32.2. The van der Waals surface area contributed by atoms with Crippen LogP contribution in [0.4, 0.5) is 5.69 Å². The molecule has 4 rings (SSSR count). The standard InChI is InChI=1S/C24H26N4O3S/c29-24(26-23-17-25-27(19-23)18-21-9-5-2-6-10-21)22-11-14-28(15-12-22)32(30,31)16-13-20-7-3-1-4-8-20/h1-10,13,16-17,19,22H,11-12,14-15,18H2,(H,26,29)/b16-13+. The maximum Gasteiger partial charge on any atom is 0.236 e. The van der Waals surface area contributed by atoms with Gasteiger partial charge < -0.3 is 5.32 Å². The quantitative estimate of drug-likeness (QED) is 0.596. The second-order valence-electron chi connectivity index (χ2n) is 7.83. The van der Waals surface area contributed by atoms with Crippen LogP contribution in [0.15, 0.2) is 78.5 Å². The summed E-state index contributed by atoms with van der Waals surface area (Å²) < 4.78 is 28.4. The van der Waals surface area contributed by atoms with E-state index in [1.54, 1.807) is 23.2 Å². The van der Waals surface area contributed by atoms with E-state index in [9.17, 15) is 13.2 Å². The van der Waals surface area contributed by atoms with E-state index in [0.717, 1.165) is 11.1 Å². The van der Waals surface area contributed by atoms with Gasteiger partial charge >= 0.3 is 0 Å². The van der Waals surface area contributed by atoms with Crippen molar-refractivity contribution >= 4 is 27.7 Å². The van der Waals surface area contributed by atoms with Crippen LogP contribution in [0.5, 0.6) is 0 Å². The second kappa shape index (κ2) is 9.93. The average Bonchev–Trinajstić information content (AvgIpc) is 3.26. The molecule has 1 fully saturated rings. The molecule has 1 N–H and O–H groups in total. The number of hydrogen-bond acceptors (Lipinski definition) is 4. The molecule has 8 heteroatoms. The molecule has 0 radical (unpaired) electrons. The highest BCUT2D eigenvalue weighted by molar-refractivity contribution is 7.92. The van der Waals surface area contributed by atoms with Crippen LogP contribution in [0.1, 0.15) is 24.0 Å². The van der Waals surface area contributed by atoms with Crippen LogP contribution in [0.25, 0.3) is 6.08 Å². The van der Waals surface area contributed by atoms with Gasteiger partial charge in [0.2, 0.25) is 15.9 Å². The predicted molar refractivity (Wildman–Crippen MR) is 125 cm³/mol. The molecule has 0 unspecified atom stereocenters. The van der Waals surface area contributed by atoms with E-state index in [2.05, 4.69) is 10.4 Å². The molecular formula is C24H26N4O3S. The van der Waals surface area contributed by atoms with Crippen molar-refractivity contribution in [2.24, 2.45) is 5.92 Å². The Morgan fingerprint density at radius 1 is 1.03 bits per heavy atom. The van der Waals surface area contributed by atoms with Crippen LogP contribution >= 0.6 is 0 Å². The normalized spacial score (nSPS) is 15.8. The van der Waals surface area contributed by atoms with Gasteiger partial charge in [0.1, 0.15) is 0 Å². The first-order valence-electron chi connectivity index (χ1n) is 10.6. The maximum absolute atomic E-state index is 12.7. The highest BCUT2D eigenvalue weighted by Gasteiger charge is 2.30. The fourth-order valence-corrected chi connectivity index (χ4v) is 4.94. The summed E-state index contributed by atoms with van der Waals surface area (Å²) in [5.41, 5.74) is 2.60. The molecule has 32 heavy (non-hydrogen) atoms. The van der Waals surface area contributed by atoms with Crippen LogP contribution < -0.4 is 5.32 Å². The highest BCUT2D eigenvalue weighted by Crippen LogP contribution is 2.22. The number of nitrogens with zero attached hydrogens (tertiary/aromatic N) is 3. The number of rotatable bonds is 7. The van der Waals surface area contributed by atoms with Crippen molar-refractivity contribution in [2.45, 2.75) is 19.4 Å². The molecule has 0 spiro atoms. The summed E-state index contributed by atoms with van der Waals surface area (Å²) in [7, 11) is -3.51. The van der Waals surface area contributed by atoms with E-state index >= 15 is 0 Å². The maximum atomic E-state index is 12.7. The van der Waals surface area contributed by atoms with E-state index in [0.29, 0.717) is 38.2 Å². The molecule has 1 aliphatic heterocycles. The first kappa shape index (κ1) is 22.0. The summed E-state index contributed by atoms with van der Waals surface area (Å²) in [6, 6.07) is 19.3. The number of piperidine rings is 1. The third-order valence-electron chi connectivity index (χ3n) is 5.50. The number of carbonyl (C=O) groups is 1. The van der Waals surface area contributed by atoms with E-state index < -0.39 is 10.0 Å². The van der Waals surface area contributed by atoms with Gasteiger partial charge in [-0.15, -0.1) is 0 Å². The second-order valence-corrected chi connectivity index (χ2v) is 9.65. The molecule has 0 bridgehead atoms. The Kier molecular flexibility index (Phi) is 6.82. The van der Waals surface area contributed by atoms with Gasteiger partial charge in [-0.05, 0) is 30.0 Å². The third kappa shape index (κ3) is 5.72. The topological polar surface area (TPSA) is 84.3 Å².